The van der Waals surface area contributed by atoms with Crippen LogP contribution >= 0.6 is 0 Å². The van der Waals surface area contributed by atoms with Crippen molar-refractivity contribution in [3.63, 3.8) is 0 Å². The average Bonchev–Trinajstić information content (AvgIpc) is 3.04. The predicted molar refractivity (Wildman–Crippen MR) is 95.8 cm³/mol. The average molecular weight is 317 g/mol. The fourth-order valence-electron chi connectivity index (χ4n) is 2.44. The number of amides is 1. The molecule has 24 heavy (non-hydrogen) atoms. The van der Waals surface area contributed by atoms with Gasteiger partial charge in [0.15, 0.2) is 0 Å². The van der Waals surface area contributed by atoms with Crippen LogP contribution in [0.4, 0.5) is 0 Å². The molecule has 3 aromatic rings. The van der Waals surface area contributed by atoms with Gasteiger partial charge in [-0.05, 0) is 23.3 Å². The molecule has 0 radical (unpaired) electrons. The first-order chi connectivity index (χ1) is 11.7. The van der Waals surface area contributed by atoms with Crippen LogP contribution in [0.5, 0.6) is 0 Å². The number of aromatic nitrogens is 2. The molecule has 1 N–H and O–H groups in total. The minimum Gasteiger partial charge on any atom is -0.346 e. The normalized spacial score (nSPS) is 11.3. The Hall–Kier alpha value is -3.14. The van der Waals surface area contributed by atoms with Gasteiger partial charge in [-0.15, -0.1) is 0 Å². The van der Waals surface area contributed by atoms with E-state index in [1.807, 2.05) is 86.1 Å². The SMILES string of the molecule is Cn1ccc(CNC(=O)/C(=C\c2ccccc2)c2ccccc2)n1. The van der Waals surface area contributed by atoms with Crippen LogP contribution in [-0.2, 0) is 18.4 Å². The third-order valence-corrected chi connectivity index (χ3v) is 3.64. The molecule has 0 saturated carbocycles. The molecule has 0 aliphatic rings. The second kappa shape index (κ2) is 7.42. The lowest BCUT2D eigenvalue weighted by molar-refractivity contribution is -0.115. The number of hydrogen-bond donors (Lipinski definition) is 1. The quantitative estimate of drug-likeness (QED) is 0.580. The molecule has 4 nitrogen and oxygen atoms in total. The third-order valence-electron chi connectivity index (χ3n) is 3.64. The first-order valence-corrected chi connectivity index (χ1v) is 7.81. The molecule has 1 heterocycles. The van der Waals surface area contributed by atoms with Crippen molar-refractivity contribution in [3.05, 3.63) is 89.7 Å². The summed E-state index contributed by atoms with van der Waals surface area (Å²) >= 11 is 0. The summed E-state index contributed by atoms with van der Waals surface area (Å²) < 4.78 is 1.72. The number of nitrogens with zero attached hydrogens (tertiary/aromatic N) is 2. The summed E-state index contributed by atoms with van der Waals surface area (Å²) in [5.74, 6) is -0.115. The smallest absolute Gasteiger partial charge is 0.252 e. The van der Waals surface area contributed by atoms with Crippen LogP contribution in [0.15, 0.2) is 72.9 Å². The van der Waals surface area contributed by atoms with Crippen molar-refractivity contribution >= 4 is 17.6 Å². The standard InChI is InChI=1S/C20H19N3O/c1-23-13-12-18(22-23)15-21-20(24)19(17-10-6-3-7-11-17)14-16-8-4-2-5-9-16/h2-14H,15H2,1H3,(H,21,24)/b19-14-. The van der Waals surface area contributed by atoms with Crippen LogP contribution in [-0.4, -0.2) is 15.7 Å². The van der Waals surface area contributed by atoms with Gasteiger partial charge in [0, 0.05) is 18.8 Å². The van der Waals surface area contributed by atoms with Crippen molar-refractivity contribution in [3.8, 4) is 0 Å². The van der Waals surface area contributed by atoms with Gasteiger partial charge in [-0.1, -0.05) is 60.7 Å². The van der Waals surface area contributed by atoms with Crippen LogP contribution in [0.25, 0.3) is 11.6 Å². The summed E-state index contributed by atoms with van der Waals surface area (Å²) in [5.41, 5.74) is 3.35. The van der Waals surface area contributed by atoms with E-state index in [0.29, 0.717) is 12.1 Å². The topological polar surface area (TPSA) is 46.9 Å². The van der Waals surface area contributed by atoms with Crippen LogP contribution in [0.3, 0.4) is 0 Å². The number of carbonyl (C=O) groups is 1. The number of benzene rings is 2. The van der Waals surface area contributed by atoms with E-state index in [1.54, 1.807) is 4.68 Å². The molecule has 2 aromatic carbocycles. The highest BCUT2D eigenvalue weighted by Crippen LogP contribution is 2.18. The molecule has 0 bridgehead atoms. The van der Waals surface area contributed by atoms with E-state index in [9.17, 15) is 4.79 Å². The van der Waals surface area contributed by atoms with Crippen molar-refractivity contribution < 1.29 is 4.79 Å². The Morgan fingerprint density at radius 3 is 2.33 bits per heavy atom. The van der Waals surface area contributed by atoms with Crippen LogP contribution < -0.4 is 5.32 Å². The maximum Gasteiger partial charge on any atom is 0.252 e. The zero-order valence-corrected chi connectivity index (χ0v) is 13.5. The van der Waals surface area contributed by atoms with Gasteiger partial charge in [-0.25, -0.2) is 0 Å². The van der Waals surface area contributed by atoms with E-state index >= 15 is 0 Å². The fourth-order valence-corrected chi connectivity index (χ4v) is 2.44. The second-order valence-electron chi connectivity index (χ2n) is 5.50. The van der Waals surface area contributed by atoms with Gasteiger partial charge < -0.3 is 5.32 Å². The molecule has 3 rings (SSSR count). The highest BCUT2D eigenvalue weighted by molar-refractivity contribution is 6.24. The Labute approximate surface area is 141 Å². The lowest BCUT2D eigenvalue weighted by Gasteiger charge is -2.09. The molecule has 4 heteroatoms. The van der Waals surface area contributed by atoms with Crippen molar-refractivity contribution in [2.45, 2.75) is 6.54 Å². The Morgan fingerprint density at radius 2 is 1.71 bits per heavy atom. The van der Waals surface area contributed by atoms with Gasteiger partial charge in [0.1, 0.15) is 0 Å². The Bertz CT molecular complexity index is 836. The molecule has 0 spiro atoms. The largest absolute Gasteiger partial charge is 0.346 e. The van der Waals surface area contributed by atoms with Crippen LogP contribution in [0.1, 0.15) is 16.8 Å². The van der Waals surface area contributed by atoms with Crippen molar-refractivity contribution in [1.82, 2.24) is 15.1 Å². The molecule has 1 aromatic heterocycles. The number of nitrogens with one attached hydrogen (secondary N) is 1. The highest BCUT2D eigenvalue weighted by atomic mass is 16.1. The Balaban J connectivity index is 1.84. The molecular formula is C20H19N3O. The van der Waals surface area contributed by atoms with E-state index in [1.165, 1.54) is 0 Å². The number of aryl methyl sites for hydroxylation is 1. The van der Waals surface area contributed by atoms with Crippen molar-refractivity contribution in [2.24, 2.45) is 7.05 Å². The molecule has 0 aliphatic carbocycles. The summed E-state index contributed by atoms with van der Waals surface area (Å²) in [6.07, 6.45) is 3.77. The van der Waals surface area contributed by atoms with E-state index in [0.717, 1.165) is 16.8 Å². The minimum absolute atomic E-state index is 0.115. The Kier molecular flexibility index (Phi) is 4.87. The summed E-state index contributed by atoms with van der Waals surface area (Å²) in [5, 5.41) is 7.23. The molecular weight excluding hydrogens is 298 g/mol. The third kappa shape index (κ3) is 3.98. The van der Waals surface area contributed by atoms with Crippen molar-refractivity contribution in [2.75, 3.05) is 0 Å². The minimum atomic E-state index is -0.115. The second-order valence-corrected chi connectivity index (χ2v) is 5.50. The summed E-state index contributed by atoms with van der Waals surface area (Å²) in [6.45, 7) is 0.401. The van der Waals surface area contributed by atoms with Gasteiger partial charge in [0.2, 0.25) is 0 Å². The molecule has 1 amide bonds. The van der Waals surface area contributed by atoms with E-state index in [4.69, 9.17) is 0 Å². The maximum atomic E-state index is 12.7. The van der Waals surface area contributed by atoms with E-state index in [-0.39, 0.29) is 5.91 Å². The van der Waals surface area contributed by atoms with Gasteiger partial charge in [-0.3, -0.25) is 9.48 Å². The number of hydrogen-bond acceptors (Lipinski definition) is 2. The van der Waals surface area contributed by atoms with Gasteiger partial charge in [0.25, 0.3) is 5.91 Å². The monoisotopic (exact) mass is 317 g/mol. The van der Waals surface area contributed by atoms with Gasteiger partial charge in [-0.2, -0.15) is 5.10 Å². The number of carbonyl (C=O) groups excluding carboxylic acids is 1. The zero-order valence-electron chi connectivity index (χ0n) is 13.5. The zero-order chi connectivity index (χ0) is 16.8. The van der Waals surface area contributed by atoms with E-state index < -0.39 is 0 Å². The first kappa shape index (κ1) is 15.7. The lowest BCUT2D eigenvalue weighted by atomic mass is 10.0. The van der Waals surface area contributed by atoms with Gasteiger partial charge >= 0.3 is 0 Å². The molecule has 0 fully saturated rings. The summed E-state index contributed by atoms with van der Waals surface area (Å²) in [4.78, 5) is 12.7. The molecule has 0 saturated heterocycles. The molecule has 120 valence electrons. The van der Waals surface area contributed by atoms with E-state index in [2.05, 4.69) is 10.4 Å². The molecule has 0 aliphatic heterocycles. The van der Waals surface area contributed by atoms with Crippen LogP contribution in [0.2, 0.25) is 0 Å². The predicted octanol–water partition coefficient (Wildman–Crippen LogP) is 3.28. The summed E-state index contributed by atoms with van der Waals surface area (Å²) in [6, 6.07) is 21.4. The Morgan fingerprint density at radius 1 is 1.04 bits per heavy atom. The highest BCUT2D eigenvalue weighted by Gasteiger charge is 2.12. The molecule has 0 unspecified atom stereocenters. The lowest BCUT2D eigenvalue weighted by Crippen LogP contribution is -2.24. The number of rotatable bonds is 5. The van der Waals surface area contributed by atoms with Crippen molar-refractivity contribution in [1.29, 1.82) is 0 Å². The molecule has 0 atom stereocenters. The summed E-state index contributed by atoms with van der Waals surface area (Å²) in [7, 11) is 1.86. The van der Waals surface area contributed by atoms with Gasteiger partial charge in [0.05, 0.1) is 12.2 Å². The first-order valence-electron chi connectivity index (χ1n) is 7.81. The van der Waals surface area contributed by atoms with Crippen LogP contribution in [0, 0.1) is 0 Å². The fraction of sp³-hybridized carbons (Fsp3) is 0.100. The maximum absolute atomic E-state index is 12.7.